The normalized spacial score (nSPS) is 11.9. The van der Waals surface area contributed by atoms with Crippen molar-refractivity contribution in [2.24, 2.45) is 21.1 Å². The number of aromatic nitrogens is 4. The van der Waals surface area contributed by atoms with Crippen molar-refractivity contribution in [2.75, 3.05) is 5.32 Å². The van der Waals surface area contributed by atoms with E-state index < -0.39 is 22.9 Å². The van der Waals surface area contributed by atoms with Crippen molar-refractivity contribution < 1.29 is 9.53 Å². The van der Waals surface area contributed by atoms with Crippen LogP contribution in [0.4, 0.5) is 10.5 Å². The Balaban J connectivity index is 1.91. The number of hydrogen-bond acceptors (Lipinski definition) is 5. The number of ether oxygens (including phenoxy) is 1. The number of hydrogen-bond donors (Lipinski definition) is 1. The lowest BCUT2D eigenvalue weighted by molar-refractivity contribution is 0.0636. The van der Waals surface area contributed by atoms with Crippen LogP contribution in [0, 0.1) is 0 Å². The first-order valence-corrected chi connectivity index (χ1v) is 9.38. The van der Waals surface area contributed by atoms with Gasteiger partial charge in [-0.15, -0.1) is 0 Å². The maximum Gasteiger partial charge on any atom is 0.412 e. The molecule has 0 aliphatic rings. The van der Waals surface area contributed by atoms with E-state index in [0.29, 0.717) is 22.7 Å². The van der Waals surface area contributed by atoms with Crippen molar-refractivity contribution in [3.8, 4) is 0 Å². The van der Waals surface area contributed by atoms with Crippen LogP contribution in [-0.2, 0) is 25.9 Å². The van der Waals surface area contributed by atoms with Gasteiger partial charge in [-0.2, -0.15) is 0 Å². The lowest BCUT2D eigenvalue weighted by atomic mass is 10.2. The molecule has 3 aromatic rings. The van der Waals surface area contributed by atoms with Crippen molar-refractivity contribution >= 4 is 35.1 Å². The second-order valence-corrected chi connectivity index (χ2v) is 7.99. The Morgan fingerprint density at radius 3 is 2.43 bits per heavy atom. The zero-order valence-corrected chi connectivity index (χ0v) is 17.9. The summed E-state index contributed by atoms with van der Waals surface area (Å²) >= 11 is 0. The Labute approximate surface area is 173 Å². The van der Waals surface area contributed by atoms with E-state index in [2.05, 4.69) is 10.3 Å². The second kappa shape index (κ2) is 7.66. The molecule has 0 aliphatic heterocycles. The lowest BCUT2D eigenvalue weighted by Crippen LogP contribution is -2.37. The quantitative estimate of drug-likeness (QED) is 0.714. The summed E-state index contributed by atoms with van der Waals surface area (Å²) in [7, 11) is 4.74. The molecule has 30 heavy (non-hydrogen) atoms. The van der Waals surface area contributed by atoms with E-state index in [0.717, 1.165) is 10.1 Å². The van der Waals surface area contributed by atoms with E-state index in [1.165, 1.54) is 11.6 Å². The molecule has 1 N–H and O–H groups in total. The van der Waals surface area contributed by atoms with Crippen molar-refractivity contribution in [1.29, 1.82) is 0 Å². The fraction of sp³-hybridized carbons (Fsp3) is 0.333. The molecule has 9 nitrogen and oxygen atoms in total. The summed E-state index contributed by atoms with van der Waals surface area (Å²) in [6.07, 6.45) is 3.02. The fourth-order valence-electron chi connectivity index (χ4n) is 3.00. The molecule has 9 heteroatoms. The van der Waals surface area contributed by atoms with Gasteiger partial charge in [0.05, 0.1) is 0 Å². The minimum atomic E-state index is -0.584. The van der Waals surface area contributed by atoms with Gasteiger partial charge in [-0.05, 0) is 44.5 Å². The van der Waals surface area contributed by atoms with Gasteiger partial charge < -0.3 is 9.30 Å². The summed E-state index contributed by atoms with van der Waals surface area (Å²) in [4.78, 5) is 41.0. The van der Waals surface area contributed by atoms with Crippen molar-refractivity contribution in [3.05, 3.63) is 56.5 Å². The topological polar surface area (TPSA) is 100 Å². The van der Waals surface area contributed by atoms with Crippen molar-refractivity contribution in [2.45, 2.75) is 26.4 Å². The molecule has 0 radical (unpaired) electrons. The van der Waals surface area contributed by atoms with E-state index in [1.807, 2.05) is 12.1 Å². The third kappa shape index (κ3) is 4.19. The Morgan fingerprint density at radius 1 is 1.07 bits per heavy atom. The fourth-order valence-corrected chi connectivity index (χ4v) is 3.00. The molecule has 2 heterocycles. The molecule has 0 bridgehead atoms. The highest BCUT2D eigenvalue weighted by Crippen LogP contribution is 2.17. The predicted molar refractivity (Wildman–Crippen MR) is 116 cm³/mol. The maximum absolute atomic E-state index is 12.5. The highest BCUT2D eigenvalue weighted by Gasteiger charge is 2.17. The Hall–Kier alpha value is -3.62. The van der Waals surface area contributed by atoms with Crippen molar-refractivity contribution in [3.63, 3.8) is 0 Å². The molecule has 0 spiro atoms. The number of rotatable bonds is 3. The third-order valence-corrected chi connectivity index (χ3v) is 4.47. The minimum absolute atomic E-state index is 0.325. The highest BCUT2D eigenvalue weighted by atomic mass is 16.6. The Bertz CT molecular complexity index is 1270. The molecule has 0 atom stereocenters. The molecular weight excluding hydrogens is 386 g/mol. The summed E-state index contributed by atoms with van der Waals surface area (Å²) < 4.78 is 9.32. The molecular formula is C21H25N5O4. The van der Waals surface area contributed by atoms with Crippen LogP contribution in [0.2, 0.25) is 0 Å². The SMILES string of the molecule is Cn1c(=O)c2c(nc(/C=C/c3cccc(NC(=O)OC(C)(C)C)c3)n2C)n(C)c1=O. The maximum atomic E-state index is 12.5. The second-order valence-electron chi connectivity index (χ2n) is 7.99. The number of carbonyl (C=O) groups excluding carboxylic acids is 1. The Kier molecular flexibility index (Phi) is 5.39. The first-order valence-electron chi connectivity index (χ1n) is 9.38. The first kappa shape index (κ1) is 21.1. The molecule has 1 aromatic carbocycles. The van der Waals surface area contributed by atoms with Crippen LogP contribution in [0.25, 0.3) is 23.3 Å². The van der Waals surface area contributed by atoms with Gasteiger partial charge in [0.1, 0.15) is 11.4 Å². The zero-order valence-electron chi connectivity index (χ0n) is 17.9. The van der Waals surface area contributed by atoms with Crippen LogP contribution in [0.5, 0.6) is 0 Å². The number of aryl methyl sites for hydroxylation is 2. The van der Waals surface area contributed by atoms with E-state index >= 15 is 0 Å². The average Bonchev–Trinajstić information content (AvgIpc) is 2.98. The number of nitrogens with zero attached hydrogens (tertiary/aromatic N) is 4. The number of anilines is 1. The molecule has 0 saturated heterocycles. The number of carbonyl (C=O) groups is 1. The average molecular weight is 411 g/mol. The monoisotopic (exact) mass is 411 g/mol. The van der Waals surface area contributed by atoms with E-state index in [1.54, 1.807) is 63.7 Å². The number of amides is 1. The molecule has 1 amide bonds. The minimum Gasteiger partial charge on any atom is -0.444 e. The van der Waals surface area contributed by atoms with Gasteiger partial charge >= 0.3 is 11.8 Å². The van der Waals surface area contributed by atoms with Gasteiger partial charge in [-0.3, -0.25) is 19.2 Å². The van der Waals surface area contributed by atoms with E-state index in [9.17, 15) is 14.4 Å². The van der Waals surface area contributed by atoms with E-state index in [4.69, 9.17) is 4.74 Å². The van der Waals surface area contributed by atoms with Gasteiger partial charge in [0, 0.05) is 26.8 Å². The van der Waals surface area contributed by atoms with Crippen LogP contribution in [0.15, 0.2) is 33.9 Å². The largest absolute Gasteiger partial charge is 0.444 e. The van der Waals surface area contributed by atoms with Crippen LogP contribution in [0.1, 0.15) is 32.2 Å². The van der Waals surface area contributed by atoms with Gasteiger partial charge in [-0.25, -0.2) is 14.6 Å². The smallest absolute Gasteiger partial charge is 0.412 e. The molecule has 0 aliphatic carbocycles. The van der Waals surface area contributed by atoms with Gasteiger partial charge in [0.2, 0.25) is 0 Å². The summed E-state index contributed by atoms with van der Waals surface area (Å²) in [6.45, 7) is 5.39. The molecule has 158 valence electrons. The summed E-state index contributed by atoms with van der Waals surface area (Å²) in [5, 5.41) is 2.70. The van der Waals surface area contributed by atoms with Crippen molar-refractivity contribution in [1.82, 2.24) is 18.7 Å². The number of fused-ring (bicyclic) bond motifs is 1. The standard InChI is InChI=1S/C21H25N5O4/c1-21(2,3)30-19(28)22-14-9-7-8-13(12-14)10-11-15-23-17-16(24(15)4)18(27)26(6)20(29)25(17)5/h7-12H,1-6H3,(H,22,28)/b11-10+. The zero-order chi connectivity index (χ0) is 22.2. The van der Waals surface area contributed by atoms with Crippen LogP contribution < -0.4 is 16.6 Å². The summed E-state index contributed by atoms with van der Waals surface area (Å²) in [5.41, 5.74) is 0.669. The summed E-state index contributed by atoms with van der Waals surface area (Å²) in [6, 6.07) is 7.22. The third-order valence-electron chi connectivity index (χ3n) is 4.47. The molecule has 0 saturated carbocycles. The van der Waals surface area contributed by atoms with Gasteiger partial charge in [-0.1, -0.05) is 18.2 Å². The first-order chi connectivity index (χ1) is 14.0. The predicted octanol–water partition coefficient (Wildman–Crippen LogP) is 2.49. The van der Waals surface area contributed by atoms with Gasteiger partial charge in [0.25, 0.3) is 5.56 Å². The number of nitrogens with one attached hydrogen (secondary N) is 1. The molecule has 3 rings (SSSR count). The van der Waals surface area contributed by atoms with Gasteiger partial charge in [0.15, 0.2) is 11.2 Å². The molecule has 0 fully saturated rings. The molecule has 2 aromatic heterocycles. The summed E-state index contributed by atoms with van der Waals surface area (Å²) in [5.74, 6) is 0.522. The number of benzene rings is 1. The number of imidazole rings is 1. The van der Waals surface area contributed by atoms with Crippen LogP contribution in [0.3, 0.4) is 0 Å². The lowest BCUT2D eigenvalue weighted by Gasteiger charge is -2.19. The highest BCUT2D eigenvalue weighted by molar-refractivity contribution is 5.86. The molecule has 0 unspecified atom stereocenters. The van der Waals surface area contributed by atoms with Crippen LogP contribution >= 0.6 is 0 Å². The van der Waals surface area contributed by atoms with E-state index in [-0.39, 0.29) is 0 Å². The van der Waals surface area contributed by atoms with Crippen LogP contribution in [-0.4, -0.2) is 30.4 Å². The Morgan fingerprint density at radius 2 is 1.77 bits per heavy atom.